The zero-order valence-corrected chi connectivity index (χ0v) is 12.2. The van der Waals surface area contributed by atoms with Gasteiger partial charge in [0.15, 0.2) is 11.6 Å². The van der Waals surface area contributed by atoms with E-state index < -0.39 is 21.7 Å². The van der Waals surface area contributed by atoms with Gasteiger partial charge in [0.05, 0.1) is 4.90 Å². The van der Waals surface area contributed by atoms with Crippen molar-refractivity contribution < 1.29 is 17.2 Å². The highest BCUT2D eigenvalue weighted by molar-refractivity contribution is 9.09. The number of hydrogen-bond acceptors (Lipinski definition) is 2. The van der Waals surface area contributed by atoms with Gasteiger partial charge in [0, 0.05) is 11.4 Å². The Balaban J connectivity index is 2.71. The van der Waals surface area contributed by atoms with Crippen LogP contribution in [0.2, 0.25) is 0 Å². The van der Waals surface area contributed by atoms with Crippen LogP contribution in [0.5, 0.6) is 0 Å². The van der Waals surface area contributed by atoms with Crippen LogP contribution in [0.25, 0.3) is 0 Å². The molecule has 0 amide bonds. The predicted octanol–water partition coefficient (Wildman–Crippen LogP) is 2.81. The molecule has 0 aliphatic heterocycles. The summed E-state index contributed by atoms with van der Waals surface area (Å²) in [6, 6.07) is 2.50. The lowest BCUT2D eigenvalue weighted by molar-refractivity contribution is 0.504. The second-order valence-corrected chi connectivity index (χ2v) is 6.83. The molecule has 0 aromatic heterocycles. The molecule has 0 aliphatic rings. The van der Waals surface area contributed by atoms with Crippen LogP contribution in [0, 0.1) is 11.6 Å². The molecule has 0 fully saturated rings. The first-order valence-electron chi connectivity index (χ1n) is 5.45. The monoisotopic (exact) mass is 341 g/mol. The molecule has 1 atom stereocenters. The molecular weight excluding hydrogens is 328 g/mol. The second kappa shape index (κ2) is 6.58. The van der Waals surface area contributed by atoms with E-state index in [1.807, 2.05) is 6.92 Å². The van der Waals surface area contributed by atoms with Crippen LogP contribution in [0.15, 0.2) is 23.1 Å². The van der Waals surface area contributed by atoms with Crippen LogP contribution in [-0.4, -0.2) is 19.8 Å². The Morgan fingerprint density at radius 3 is 2.56 bits per heavy atom. The van der Waals surface area contributed by atoms with Crippen molar-refractivity contribution in [2.75, 3.05) is 6.54 Å². The van der Waals surface area contributed by atoms with Crippen LogP contribution in [-0.2, 0) is 10.0 Å². The van der Waals surface area contributed by atoms with Crippen molar-refractivity contribution in [3.63, 3.8) is 0 Å². The summed E-state index contributed by atoms with van der Waals surface area (Å²) in [5.74, 6) is -2.25. The van der Waals surface area contributed by atoms with E-state index in [-0.39, 0.29) is 16.3 Å². The maximum Gasteiger partial charge on any atom is 0.240 e. The quantitative estimate of drug-likeness (QED) is 0.808. The van der Waals surface area contributed by atoms with Crippen molar-refractivity contribution in [2.45, 2.75) is 29.5 Å². The second-order valence-electron chi connectivity index (χ2n) is 3.77. The number of rotatable bonds is 6. The molecule has 18 heavy (non-hydrogen) atoms. The van der Waals surface area contributed by atoms with Gasteiger partial charge in [-0.05, 0) is 31.0 Å². The molecule has 1 rings (SSSR count). The Kier molecular flexibility index (Phi) is 5.68. The van der Waals surface area contributed by atoms with E-state index in [1.54, 1.807) is 0 Å². The molecule has 1 N–H and O–H groups in total. The summed E-state index contributed by atoms with van der Waals surface area (Å²) < 4.78 is 51.5. The maximum atomic E-state index is 12.9. The number of nitrogens with one attached hydrogen (secondary N) is 1. The zero-order valence-electron chi connectivity index (χ0n) is 9.79. The first-order chi connectivity index (χ1) is 8.36. The highest BCUT2D eigenvalue weighted by atomic mass is 79.9. The number of hydrogen-bond donors (Lipinski definition) is 1. The van der Waals surface area contributed by atoms with Crippen molar-refractivity contribution >= 4 is 26.0 Å². The molecule has 0 spiro atoms. The van der Waals surface area contributed by atoms with E-state index in [9.17, 15) is 17.2 Å². The number of benzene rings is 1. The molecule has 102 valence electrons. The van der Waals surface area contributed by atoms with Crippen LogP contribution in [0.3, 0.4) is 0 Å². The lowest BCUT2D eigenvalue weighted by atomic mass is 10.2. The first kappa shape index (κ1) is 15.5. The number of halogens is 3. The largest absolute Gasteiger partial charge is 0.240 e. The highest BCUT2D eigenvalue weighted by Gasteiger charge is 2.16. The fraction of sp³-hybridized carbons (Fsp3) is 0.455. The van der Waals surface area contributed by atoms with E-state index >= 15 is 0 Å². The average molecular weight is 342 g/mol. The van der Waals surface area contributed by atoms with Crippen LogP contribution < -0.4 is 4.72 Å². The van der Waals surface area contributed by atoms with Crippen LogP contribution in [0.1, 0.15) is 19.8 Å². The van der Waals surface area contributed by atoms with Gasteiger partial charge in [-0.2, -0.15) is 0 Å². The highest BCUT2D eigenvalue weighted by Crippen LogP contribution is 2.14. The van der Waals surface area contributed by atoms with E-state index in [0.717, 1.165) is 18.6 Å². The van der Waals surface area contributed by atoms with Gasteiger partial charge >= 0.3 is 0 Å². The smallest absolute Gasteiger partial charge is 0.211 e. The van der Waals surface area contributed by atoms with E-state index in [0.29, 0.717) is 12.5 Å². The minimum Gasteiger partial charge on any atom is -0.211 e. The lowest BCUT2D eigenvalue weighted by Crippen LogP contribution is -2.26. The summed E-state index contributed by atoms with van der Waals surface area (Å²) >= 11 is 3.38. The number of sulfonamides is 1. The van der Waals surface area contributed by atoms with Crippen molar-refractivity contribution in [3.05, 3.63) is 29.8 Å². The van der Waals surface area contributed by atoms with E-state index in [2.05, 4.69) is 20.7 Å². The van der Waals surface area contributed by atoms with Crippen molar-refractivity contribution in [2.24, 2.45) is 0 Å². The van der Waals surface area contributed by atoms with Gasteiger partial charge in [-0.3, -0.25) is 0 Å². The summed E-state index contributed by atoms with van der Waals surface area (Å²) in [4.78, 5) is -0.0471. The molecule has 3 nitrogen and oxygen atoms in total. The van der Waals surface area contributed by atoms with E-state index in [4.69, 9.17) is 0 Å². The Hall–Kier alpha value is -0.530. The Morgan fingerprint density at radius 2 is 2.00 bits per heavy atom. The Bertz CT molecular complexity index is 508. The normalized spacial score (nSPS) is 13.6. The van der Waals surface area contributed by atoms with Gasteiger partial charge in [-0.1, -0.05) is 22.9 Å². The third-order valence-electron chi connectivity index (χ3n) is 2.39. The number of alkyl halides is 1. The predicted molar refractivity (Wildman–Crippen MR) is 69.2 cm³/mol. The molecule has 1 aromatic carbocycles. The minimum absolute atomic E-state index is 0.227. The first-order valence-corrected chi connectivity index (χ1v) is 7.85. The van der Waals surface area contributed by atoms with Crippen LogP contribution >= 0.6 is 15.9 Å². The third kappa shape index (κ3) is 4.29. The fourth-order valence-electron chi connectivity index (χ4n) is 1.28. The lowest BCUT2D eigenvalue weighted by Gasteiger charge is -2.09. The third-order valence-corrected chi connectivity index (χ3v) is 4.96. The molecule has 1 unspecified atom stereocenters. The molecule has 0 bridgehead atoms. The van der Waals surface area contributed by atoms with Crippen molar-refractivity contribution in [1.29, 1.82) is 0 Å². The molecule has 0 aliphatic carbocycles. The van der Waals surface area contributed by atoms with E-state index in [1.165, 1.54) is 0 Å². The summed E-state index contributed by atoms with van der Waals surface area (Å²) in [6.07, 6.45) is 1.51. The van der Waals surface area contributed by atoms with Gasteiger partial charge in [0.2, 0.25) is 10.0 Å². The summed E-state index contributed by atoms with van der Waals surface area (Å²) in [5, 5.41) is 0. The van der Waals surface area contributed by atoms with Gasteiger partial charge in [-0.25, -0.2) is 21.9 Å². The SMILES string of the molecule is CCC(Br)CCNS(=O)(=O)c1ccc(F)c(F)c1. The summed E-state index contributed by atoms with van der Waals surface area (Å²) in [6.45, 7) is 2.22. The van der Waals surface area contributed by atoms with Gasteiger partial charge in [-0.15, -0.1) is 0 Å². The molecule has 0 saturated carbocycles. The standard InChI is InChI=1S/C11H14BrF2NO2S/c1-2-8(12)5-6-15-18(16,17)9-3-4-10(13)11(14)7-9/h3-4,7-8,15H,2,5-6H2,1H3. The molecule has 0 radical (unpaired) electrons. The van der Waals surface area contributed by atoms with Gasteiger partial charge in [0.25, 0.3) is 0 Å². The van der Waals surface area contributed by atoms with Gasteiger partial charge in [0.1, 0.15) is 0 Å². The Labute approximate surface area is 114 Å². The van der Waals surface area contributed by atoms with Gasteiger partial charge < -0.3 is 0 Å². The molecule has 0 heterocycles. The zero-order chi connectivity index (χ0) is 13.8. The molecule has 0 saturated heterocycles. The summed E-state index contributed by atoms with van der Waals surface area (Å²) in [7, 11) is -3.78. The topological polar surface area (TPSA) is 46.2 Å². The molecule has 1 aromatic rings. The average Bonchev–Trinajstić information content (AvgIpc) is 2.32. The Morgan fingerprint density at radius 1 is 1.33 bits per heavy atom. The molecular formula is C11H14BrF2NO2S. The van der Waals surface area contributed by atoms with Crippen molar-refractivity contribution in [3.8, 4) is 0 Å². The van der Waals surface area contributed by atoms with Crippen molar-refractivity contribution in [1.82, 2.24) is 4.72 Å². The van der Waals surface area contributed by atoms with Crippen LogP contribution in [0.4, 0.5) is 8.78 Å². The maximum absolute atomic E-state index is 12.9. The fourth-order valence-corrected chi connectivity index (χ4v) is 2.57. The molecule has 7 heteroatoms. The summed E-state index contributed by atoms with van der Waals surface area (Å²) in [5.41, 5.74) is 0. The minimum atomic E-state index is -3.78.